The van der Waals surface area contributed by atoms with Gasteiger partial charge < -0.3 is 8.92 Å². The van der Waals surface area contributed by atoms with Crippen LogP contribution in [0.15, 0.2) is 30.9 Å². The fourth-order valence-electron chi connectivity index (χ4n) is 1.84. The summed E-state index contributed by atoms with van der Waals surface area (Å²) in [6.07, 6.45) is 7.20. The van der Waals surface area contributed by atoms with Crippen LogP contribution in [0.3, 0.4) is 0 Å². The number of rotatable bonds is 8. The van der Waals surface area contributed by atoms with Gasteiger partial charge in [-0.2, -0.15) is 8.42 Å². The molecule has 116 valence electrons. The summed E-state index contributed by atoms with van der Waals surface area (Å²) in [5.41, 5.74) is 1.80. The van der Waals surface area contributed by atoms with Crippen molar-refractivity contribution in [2.24, 2.45) is 0 Å². The second-order valence-electron chi connectivity index (χ2n) is 4.23. The van der Waals surface area contributed by atoms with E-state index in [1.807, 2.05) is 19.1 Å². The third-order valence-corrected chi connectivity index (χ3v) is 3.38. The summed E-state index contributed by atoms with van der Waals surface area (Å²) in [5.74, 6) is 0.645. The minimum absolute atomic E-state index is 0.201. The molecule has 1 aromatic rings. The van der Waals surface area contributed by atoms with E-state index in [0.29, 0.717) is 18.8 Å². The minimum atomic E-state index is -3.61. The summed E-state index contributed by atoms with van der Waals surface area (Å²) in [5, 5.41) is 0.728. The zero-order valence-electron chi connectivity index (χ0n) is 12.1. The van der Waals surface area contributed by atoms with Crippen molar-refractivity contribution >= 4 is 32.1 Å². The monoisotopic (exact) mass is 374 g/mol. The Bertz CT molecular complexity index is 621. The van der Waals surface area contributed by atoms with Crippen molar-refractivity contribution in [2.75, 3.05) is 18.2 Å². The Hall–Kier alpha value is -1.27. The summed E-state index contributed by atoms with van der Waals surface area (Å²) >= 11 is 3.33. The molecule has 0 N–H and O–H groups in total. The van der Waals surface area contributed by atoms with Crippen LogP contribution >= 0.6 is 15.9 Å². The van der Waals surface area contributed by atoms with Gasteiger partial charge in [-0.1, -0.05) is 40.2 Å². The molecule has 0 heterocycles. The first-order valence-electron chi connectivity index (χ1n) is 6.44. The molecular weight excluding hydrogens is 356 g/mol. The quantitative estimate of drug-likeness (QED) is 0.396. The standard InChI is InChI=1S/C15H19BrO4S/c1-4-7-13-12(8-6-11-16)9-10-14(15(13)19-5-2)20-21(3,17)18/h4,6,8-10H,1,5,7,11H2,2-3H3/b8-6+. The van der Waals surface area contributed by atoms with E-state index in [9.17, 15) is 8.42 Å². The summed E-state index contributed by atoms with van der Waals surface area (Å²) in [4.78, 5) is 0. The Balaban J connectivity index is 3.43. The van der Waals surface area contributed by atoms with Gasteiger partial charge in [0.1, 0.15) is 0 Å². The lowest BCUT2D eigenvalue weighted by molar-refractivity contribution is 0.324. The molecule has 0 aliphatic rings. The maximum Gasteiger partial charge on any atom is 0.306 e. The lowest BCUT2D eigenvalue weighted by atomic mass is 10.0. The largest absolute Gasteiger partial charge is 0.490 e. The molecule has 0 atom stereocenters. The summed E-state index contributed by atoms with van der Waals surface area (Å²) < 4.78 is 33.3. The fraction of sp³-hybridized carbons (Fsp3) is 0.333. The lowest BCUT2D eigenvalue weighted by Gasteiger charge is -2.16. The van der Waals surface area contributed by atoms with Gasteiger partial charge in [0.15, 0.2) is 11.5 Å². The van der Waals surface area contributed by atoms with Crippen LogP contribution in [0.5, 0.6) is 11.5 Å². The van der Waals surface area contributed by atoms with E-state index >= 15 is 0 Å². The van der Waals surface area contributed by atoms with Crippen molar-refractivity contribution in [2.45, 2.75) is 13.3 Å². The maximum absolute atomic E-state index is 11.4. The number of ether oxygens (including phenoxy) is 1. The van der Waals surface area contributed by atoms with Crippen molar-refractivity contribution in [3.63, 3.8) is 0 Å². The molecule has 1 rings (SSSR count). The molecule has 0 unspecified atom stereocenters. The molecule has 21 heavy (non-hydrogen) atoms. The highest BCUT2D eigenvalue weighted by Crippen LogP contribution is 2.36. The van der Waals surface area contributed by atoms with E-state index in [1.165, 1.54) is 0 Å². The highest BCUT2D eigenvalue weighted by atomic mass is 79.9. The zero-order valence-corrected chi connectivity index (χ0v) is 14.5. The van der Waals surface area contributed by atoms with E-state index in [2.05, 4.69) is 22.5 Å². The molecule has 0 fully saturated rings. The fourth-order valence-corrected chi connectivity index (χ4v) is 2.48. The maximum atomic E-state index is 11.4. The summed E-state index contributed by atoms with van der Waals surface area (Å²) in [6.45, 7) is 5.98. The van der Waals surface area contributed by atoms with Crippen LogP contribution in [0.2, 0.25) is 0 Å². The molecule has 0 amide bonds. The normalized spacial score (nSPS) is 11.6. The van der Waals surface area contributed by atoms with Gasteiger partial charge in [-0.15, -0.1) is 6.58 Å². The first-order valence-corrected chi connectivity index (χ1v) is 9.38. The van der Waals surface area contributed by atoms with Crippen LogP contribution in [0.1, 0.15) is 18.1 Å². The van der Waals surface area contributed by atoms with Gasteiger partial charge in [-0.3, -0.25) is 0 Å². The van der Waals surface area contributed by atoms with Gasteiger partial charge >= 0.3 is 10.1 Å². The van der Waals surface area contributed by atoms with Gasteiger partial charge in [0.05, 0.1) is 12.9 Å². The average Bonchev–Trinajstić information content (AvgIpc) is 2.40. The smallest absolute Gasteiger partial charge is 0.306 e. The molecule has 0 spiro atoms. The number of hydrogen-bond acceptors (Lipinski definition) is 4. The molecule has 1 aromatic carbocycles. The molecule has 0 bridgehead atoms. The number of alkyl halides is 1. The molecule has 0 saturated heterocycles. The second-order valence-corrected chi connectivity index (χ2v) is 6.45. The van der Waals surface area contributed by atoms with Crippen molar-refractivity contribution in [3.05, 3.63) is 42.0 Å². The Labute approximate surface area is 134 Å². The van der Waals surface area contributed by atoms with Crippen LogP contribution in [-0.2, 0) is 16.5 Å². The van der Waals surface area contributed by atoms with E-state index in [4.69, 9.17) is 8.92 Å². The van der Waals surface area contributed by atoms with E-state index in [-0.39, 0.29) is 5.75 Å². The van der Waals surface area contributed by atoms with Crippen LogP contribution in [-0.4, -0.2) is 26.6 Å². The van der Waals surface area contributed by atoms with Gasteiger partial charge in [0, 0.05) is 10.9 Å². The van der Waals surface area contributed by atoms with Crippen molar-refractivity contribution < 1.29 is 17.3 Å². The molecule has 4 nitrogen and oxygen atoms in total. The molecule has 0 aliphatic heterocycles. The van der Waals surface area contributed by atoms with Crippen LogP contribution in [0, 0.1) is 0 Å². The third-order valence-electron chi connectivity index (χ3n) is 2.53. The molecule has 0 aromatic heterocycles. The summed E-state index contributed by atoms with van der Waals surface area (Å²) in [7, 11) is -3.61. The number of hydrogen-bond donors (Lipinski definition) is 0. The summed E-state index contributed by atoms with van der Waals surface area (Å²) in [6, 6.07) is 3.41. The second kappa shape index (κ2) is 8.24. The van der Waals surface area contributed by atoms with Crippen LogP contribution in [0.25, 0.3) is 6.08 Å². The SMILES string of the molecule is C=CCc1c(/C=C/CBr)ccc(OS(C)(=O)=O)c1OCC. The minimum Gasteiger partial charge on any atom is -0.490 e. The van der Waals surface area contributed by atoms with Crippen molar-refractivity contribution in [1.29, 1.82) is 0 Å². The highest BCUT2D eigenvalue weighted by molar-refractivity contribution is 9.09. The predicted octanol–water partition coefficient (Wildman–Crippen LogP) is 3.56. The molecule has 6 heteroatoms. The first kappa shape index (κ1) is 17.8. The van der Waals surface area contributed by atoms with Crippen molar-refractivity contribution in [3.8, 4) is 11.5 Å². The molecule has 0 aliphatic carbocycles. The third kappa shape index (κ3) is 5.55. The topological polar surface area (TPSA) is 52.6 Å². The van der Waals surface area contributed by atoms with Gasteiger partial charge in [0.25, 0.3) is 0 Å². The van der Waals surface area contributed by atoms with Crippen LogP contribution in [0.4, 0.5) is 0 Å². The van der Waals surface area contributed by atoms with E-state index < -0.39 is 10.1 Å². The number of allylic oxidation sites excluding steroid dienone is 2. The predicted molar refractivity (Wildman–Crippen MR) is 89.8 cm³/mol. The number of benzene rings is 1. The van der Waals surface area contributed by atoms with E-state index in [0.717, 1.165) is 22.7 Å². The zero-order chi connectivity index (χ0) is 15.9. The highest BCUT2D eigenvalue weighted by Gasteiger charge is 2.17. The Morgan fingerprint density at radius 3 is 2.62 bits per heavy atom. The van der Waals surface area contributed by atoms with Gasteiger partial charge in [-0.05, 0) is 25.0 Å². The van der Waals surface area contributed by atoms with Gasteiger partial charge in [-0.25, -0.2) is 0 Å². The molecular formula is C15H19BrO4S. The van der Waals surface area contributed by atoms with Crippen molar-refractivity contribution in [1.82, 2.24) is 0 Å². The Morgan fingerprint density at radius 1 is 1.38 bits per heavy atom. The van der Waals surface area contributed by atoms with Gasteiger partial charge in [0.2, 0.25) is 0 Å². The molecule has 0 saturated carbocycles. The lowest BCUT2D eigenvalue weighted by Crippen LogP contribution is -2.09. The molecule has 0 radical (unpaired) electrons. The average molecular weight is 375 g/mol. The van der Waals surface area contributed by atoms with Crippen LogP contribution < -0.4 is 8.92 Å². The first-order chi connectivity index (χ1) is 9.92. The number of halogens is 1. The van der Waals surface area contributed by atoms with E-state index in [1.54, 1.807) is 18.2 Å². The Morgan fingerprint density at radius 2 is 2.10 bits per heavy atom. The Kier molecular flexibility index (Phi) is 6.98.